The fraction of sp³-hybridized carbons (Fsp3) is 0.176. The summed E-state index contributed by atoms with van der Waals surface area (Å²) in [7, 11) is 1.54. The van der Waals surface area contributed by atoms with E-state index in [-0.39, 0.29) is 18.4 Å². The molecular formula is C17H16N2O4. The molecule has 0 fully saturated rings. The van der Waals surface area contributed by atoms with Gasteiger partial charge in [0.1, 0.15) is 11.5 Å². The van der Waals surface area contributed by atoms with Crippen molar-refractivity contribution in [1.29, 1.82) is 0 Å². The van der Waals surface area contributed by atoms with E-state index in [0.717, 1.165) is 0 Å². The molecule has 6 nitrogen and oxygen atoms in total. The molecule has 23 heavy (non-hydrogen) atoms. The zero-order valence-corrected chi connectivity index (χ0v) is 12.6. The average molecular weight is 312 g/mol. The molecule has 2 heterocycles. The zero-order chi connectivity index (χ0) is 16.2. The molecule has 0 aliphatic carbocycles. The number of ether oxygens (including phenoxy) is 1. The molecule has 0 spiro atoms. The molecule has 1 aromatic carbocycles. The molecule has 2 amide bonds. The van der Waals surface area contributed by atoms with Crippen molar-refractivity contribution in [1.82, 2.24) is 5.32 Å². The lowest BCUT2D eigenvalue weighted by Crippen LogP contribution is -2.49. The van der Waals surface area contributed by atoms with Gasteiger partial charge in [-0.25, -0.2) is 0 Å². The Morgan fingerprint density at radius 1 is 1.26 bits per heavy atom. The van der Waals surface area contributed by atoms with Gasteiger partial charge in [-0.2, -0.15) is 0 Å². The first kappa shape index (κ1) is 14.9. The van der Waals surface area contributed by atoms with Crippen LogP contribution >= 0.6 is 0 Å². The SMILES string of the molecule is CNC(=O)[C@@H]1CN(C(=O)/C=C/c2ccco2)c2ccccc2O1. The van der Waals surface area contributed by atoms with E-state index >= 15 is 0 Å². The normalized spacial score (nSPS) is 16.7. The van der Waals surface area contributed by atoms with Crippen LogP contribution in [0.25, 0.3) is 6.08 Å². The molecule has 0 unspecified atom stereocenters. The standard InChI is InChI=1S/C17H16N2O4/c1-18-17(21)15-11-19(13-6-2-3-7-14(13)23-15)16(20)9-8-12-5-4-10-22-12/h2-10,15H,11H2,1H3,(H,18,21)/b9-8+/t15-/m0/s1. The van der Waals surface area contributed by atoms with E-state index in [0.29, 0.717) is 17.2 Å². The van der Waals surface area contributed by atoms with Gasteiger partial charge in [0.2, 0.25) is 0 Å². The summed E-state index contributed by atoms with van der Waals surface area (Å²) in [6.45, 7) is 0.151. The number of carbonyl (C=O) groups excluding carboxylic acids is 2. The topological polar surface area (TPSA) is 71.8 Å². The first-order chi connectivity index (χ1) is 11.2. The Kier molecular flexibility index (Phi) is 4.14. The van der Waals surface area contributed by atoms with Gasteiger partial charge >= 0.3 is 0 Å². The smallest absolute Gasteiger partial charge is 0.262 e. The Bertz CT molecular complexity index is 737. The number of hydrogen-bond acceptors (Lipinski definition) is 4. The van der Waals surface area contributed by atoms with E-state index < -0.39 is 6.10 Å². The highest BCUT2D eigenvalue weighted by molar-refractivity contribution is 6.05. The number of fused-ring (bicyclic) bond motifs is 1. The van der Waals surface area contributed by atoms with Crippen molar-refractivity contribution >= 4 is 23.6 Å². The third-order valence-corrected chi connectivity index (χ3v) is 3.51. The Morgan fingerprint density at radius 3 is 2.83 bits per heavy atom. The van der Waals surface area contributed by atoms with Crippen LogP contribution in [-0.2, 0) is 9.59 Å². The summed E-state index contributed by atoms with van der Waals surface area (Å²) in [5, 5.41) is 2.54. The molecular weight excluding hydrogens is 296 g/mol. The van der Waals surface area contributed by atoms with Gasteiger partial charge in [-0.1, -0.05) is 12.1 Å². The minimum Gasteiger partial charge on any atom is -0.477 e. The Labute approximate surface area is 133 Å². The van der Waals surface area contributed by atoms with Gasteiger partial charge in [-0.3, -0.25) is 9.59 Å². The van der Waals surface area contributed by atoms with Gasteiger partial charge in [0.15, 0.2) is 6.10 Å². The molecule has 2 aromatic rings. The molecule has 118 valence electrons. The van der Waals surface area contributed by atoms with Crippen LogP contribution in [0.5, 0.6) is 5.75 Å². The highest BCUT2D eigenvalue weighted by Crippen LogP contribution is 2.33. The highest BCUT2D eigenvalue weighted by atomic mass is 16.5. The molecule has 0 radical (unpaired) electrons. The fourth-order valence-electron chi connectivity index (χ4n) is 2.37. The van der Waals surface area contributed by atoms with Crippen molar-refractivity contribution < 1.29 is 18.7 Å². The summed E-state index contributed by atoms with van der Waals surface area (Å²) >= 11 is 0. The third kappa shape index (κ3) is 3.11. The molecule has 1 aliphatic rings. The Balaban J connectivity index is 1.87. The average Bonchev–Trinajstić information content (AvgIpc) is 3.11. The van der Waals surface area contributed by atoms with Gasteiger partial charge in [0.25, 0.3) is 11.8 Å². The van der Waals surface area contributed by atoms with Crippen molar-refractivity contribution in [2.45, 2.75) is 6.10 Å². The second-order valence-corrected chi connectivity index (χ2v) is 4.99. The molecule has 0 saturated heterocycles. The number of hydrogen-bond donors (Lipinski definition) is 1. The first-order valence-corrected chi connectivity index (χ1v) is 7.19. The number of amides is 2. The van der Waals surface area contributed by atoms with Crippen molar-refractivity contribution in [3.8, 4) is 5.75 Å². The third-order valence-electron chi connectivity index (χ3n) is 3.51. The quantitative estimate of drug-likeness (QED) is 0.878. The summed E-state index contributed by atoms with van der Waals surface area (Å²) in [4.78, 5) is 25.9. The summed E-state index contributed by atoms with van der Waals surface area (Å²) in [5.41, 5.74) is 0.641. The van der Waals surface area contributed by atoms with Gasteiger partial charge in [0.05, 0.1) is 18.5 Å². The van der Waals surface area contributed by atoms with Crippen LogP contribution in [0.2, 0.25) is 0 Å². The number of benzene rings is 1. The summed E-state index contributed by atoms with van der Waals surface area (Å²) in [6.07, 6.45) is 3.81. The predicted octanol–water partition coefficient (Wildman–Crippen LogP) is 1.83. The Morgan fingerprint density at radius 2 is 2.09 bits per heavy atom. The summed E-state index contributed by atoms with van der Waals surface area (Å²) in [6, 6.07) is 10.6. The van der Waals surface area contributed by atoms with Crippen LogP contribution in [0.4, 0.5) is 5.69 Å². The maximum Gasteiger partial charge on any atom is 0.262 e. The van der Waals surface area contributed by atoms with E-state index in [2.05, 4.69) is 5.32 Å². The van der Waals surface area contributed by atoms with Crippen molar-refractivity contribution in [2.75, 3.05) is 18.5 Å². The number of nitrogens with one attached hydrogen (secondary N) is 1. The number of carbonyl (C=O) groups is 2. The molecule has 0 bridgehead atoms. The van der Waals surface area contributed by atoms with Crippen LogP contribution in [0.1, 0.15) is 5.76 Å². The van der Waals surface area contributed by atoms with Crippen LogP contribution in [0.3, 0.4) is 0 Å². The lowest BCUT2D eigenvalue weighted by molar-refractivity contribution is -0.127. The molecule has 1 N–H and O–H groups in total. The maximum absolute atomic E-state index is 12.5. The summed E-state index contributed by atoms with van der Waals surface area (Å²) in [5.74, 6) is 0.577. The van der Waals surface area contributed by atoms with E-state index in [1.807, 2.05) is 6.07 Å². The molecule has 3 rings (SSSR count). The molecule has 6 heteroatoms. The number of rotatable bonds is 3. The minimum absolute atomic E-state index is 0.151. The van der Waals surface area contributed by atoms with Gasteiger partial charge in [-0.05, 0) is 30.3 Å². The van der Waals surface area contributed by atoms with Crippen LogP contribution < -0.4 is 15.0 Å². The fourth-order valence-corrected chi connectivity index (χ4v) is 2.37. The van der Waals surface area contributed by atoms with Crippen molar-refractivity contribution in [2.24, 2.45) is 0 Å². The van der Waals surface area contributed by atoms with E-state index in [1.54, 1.807) is 36.4 Å². The predicted molar refractivity (Wildman–Crippen MR) is 85.0 cm³/mol. The molecule has 1 aromatic heterocycles. The second kappa shape index (κ2) is 6.39. The second-order valence-electron chi connectivity index (χ2n) is 4.99. The van der Waals surface area contributed by atoms with Crippen LogP contribution in [-0.4, -0.2) is 31.5 Å². The molecule has 1 aliphatic heterocycles. The maximum atomic E-state index is 12.5. The monoisotopic (exact) mass is 312 g/mol. The van der Waals surface area contributed by atoms with Gasteiger partial charge in [0, 0.05) is 13.1 Å². The van der Waals surface area contributed by atoms with Gasteiger partial charge in [-0.15, -0.1) is 0 Å². The summed E-state index contributed by atoms with van der Waals surface area (Å²) < 4.78 is 10.8. The van der Waals surface area contributed by atoms with Crippen LogP contribution in [0.15, 0.2) is 53.2 Å². The number of nitrogens with zero attached hydrogens (tertiary/aromatic N) is 1. The highest BCUT2D eigenvalue weighted by Gasteiger charge is 2.32. The minimum atomic E-state index is -0.740. The van der Waals surface area contributed by atoms with E-state index in [1.165, 1.54) is 24.3 Å². The molecule has 1 atom stereocenters. The van der Waals surface area contributed by atoms with Crippen molar-refractivity contribution in [3.05, 3.63) is 54.5 Å². The first-order valence-electron chi connectivity index (χ1n) is 7.19. The largest absolute Gasteiger partial charge is 0.477 e. The van der Waals surface area contributed by atoms with Crippen LogP contribution in [0, 0.1) is 0 Å². The lowest BCUT2D eigenvalue weighted by atomic mass is 10.1. The van der Waals surface area contributed by atoms with E-state index in [4.69, 9.17) is 9.15 Å². The zero-order valence-electron chi connectivity index (χ0n) is 12.6. The number of likely N-dealkylation sites (N-methyl/N-ethyl adjacent to an activating group) is 1. The lowest BCUT2D eigenvalue weighted by Gasteiger charge is -2.33. The number of anilines is 1. The molecule has 0 saturated carbocycles. The van der Waals surface area contributed by atoms with Gasteiger partial charge < -0.3 is 19.4 Å². The number of para-hydroxylation sites is 2. The van der Waals surface area contributed by atoms with Crippen molar-refractivity contribution in [3.63, 3.8) is 0 Å². The Hall–Kier alpha value is -3.02. The number of furan rings is 1. The van der Waals surface area contributed by atoms with E-state index in [9.17, 15) is 9.59 Å².